The third-order valence-corrected chi connectivity index (χ3v) is 3.41. The fourth-order valence-electron chi connectivity index (χ4n) is 1.29. The number of carbonyl (C=O) groups excluding carboxylic acids is 1. The molecule has 0 bridgehead atoms. The van der Waals surface area contributed by atoms with E-state index in [4.69, 9.17) is 5.73 Å². The summed E-state index contributed by atoms with van der Waals surface area (Å²) < 4.78 is 0. The van der Waals surface area contributed by atoms with E-state index in [1.54, 1.807) is 11.4 Å². The molecule has 2 aromatic rings. The zero-order chi connectivity index (χ0) is 10.8. The van der Waals surface area contributed by atoms with E-state index >= 15 is 0 Å². The largest absolute Gasteiger partial charge is 0.366 e. The molecule has 0 aliphatic rings. The molecule has 0 aliphatic heterocycles. The SMILES string of the molecule is NC(=O)c1csc(-c2ccccc2S)c1.[Zn]. The molecule has 16 heavy (non-hydrogen) atoms. The van der Waals surface area contributed by atoms with E-state index in [0.29, 0.717) is 5.56 Å². The maximum Gasteiger partial charge on any atom is 0.249 e. The van der Waals surface area contributed by atoms with E-state index in [0.717, 1.165) is 15.3 Å². The average molecular weight is 301 g/mol. The predicted molar refractivity (Wildman–Crippen MR) is 65.5 cm³/mol. The van der Waals surface area contributed by atoms with Gasteiger partial charge in [-0.3, -0.25) is 4.79 Å². The summed E-state index contributed by atoms with van der Waals surface area (Å²) in [7, 11) is 0. The third kappa shape index (κ3) is 2.73. The van der Waals surface area contributed by atoms with Crippen molar-refractivity contribution in [2.45, 2.75) is 4.90 Å². The predicted octanol–water partition coefficient (Wildman–Crippen LogP) is 2.80. The van der Waals surface area contributed by atoms with Gasteiger partial charge in [0.05, 0.1) is 5.56 Å². The molecule has 1 heterocycles. The van der Waals surface area contributed by atoms with Gasteiger partial charge in [0.1, 0.15) is 0 Å². The summed E-state index contributed by atoms with van der Waals surface area (Å²) >= 11 is 5.86. The monoisotopic (exact) mass is 299 g/mol. The van der Waals surface area contributed by atoms with Gasteiger partial charge >= 0.3 is 0 Å². The van der Waals surface area contributed by atoms with E-state index in [1.807, 2.05) is 24.3 Å². The second-order valence-corrected chi connectivity index (χ2v) is 4.47. The Morgan fingerprint density at radius 1 is 1.31 bits per heavy atom. The van der Waals surface area contributed by atoms with Crippen LogP contribution in [0.3, 0.4) is 0 Å². The number of rotatable bonds is 2. The summed E-state index contributed by atoms with van der Waals surface area (Å²) in [6.45, 7) is 0. The molecular formula is C11H9NOS2Zn. The van der Waals surface area contributed by atoms with Crippen LogP contribution < -0.4 is 5.73 Å². The third-order valence-electron chi connectivity index (χ3n) is 2.05. The van der Waals surface area contributed by atoms with E-state index < -0.39 is 5.91 Å². The van der Waals surface area contributed by atoms with Gasteiger partial charge in [0, 0.05) is 40.2 Å². The average Bonchev–Trinajstić information content (AvgIpc) is 2.67. The quantitative estimate of drug-likeness (QED) is 0.650. The first-order chi connectivity index (χ1) is 7.18. The Kier molecular flexibility index (Phi) is 4.72. The van der Waals surface area contributed by atoms with Crippen LogP contribution in [0, 0.1) is 0 Å². The molecule has 2 nitrogen and oxygen atoms in total. The Bertz CT molecular complexity index is 510. The normalized spacial score (nSPS) is 9.56. The second kappa shape index (κ2) is 5.62. The number of primary amides is 1. The molecule has 1 amide bonds. The molecule has 0 radical (unpaired) electrons. The number of hydrogen-bond acceptors (Lipinski definition) is 3. The number of hydrogen-bond donors (Lipinski definition) is 2. The van der Waals surface area contributed by atoms with Crippen LogP contribution in [0.2, 0.25) is 0 Å². The fourth-order valence-corrected chi connectivity index (χ4v) is 2.58. The first-order valence-electron chi connectivity index (χ1n) is 4.35. The summed E-state index contributed by atoms with van der Waals surface area (Å²) in [5.41, 5.74) is 6.77. The first-order valence-corrected chi connectivity index (χ1v) is 5.68. The summed E-state index contributed by atoms with van der Waals surface area (Å²) in [6, 6.07) is 9.55. The molecule has 0 aliphatic carbocycles. The van der Waals surface area contributed by atoms with E-state index in [2.05, 4.69) is 12.6 Å². The fraction of sp³-hybridized carbons (Fsp3) is 0. The van der Waals surface area contributed by atoms with Crippen LogP contribution in [0.5, 0.6) is 0 Å². The van der Waals surface area contributed by atoms with Crippen LogP contribution in [-0.2, 0) is 19.5 Å². The molecule has 1 aromatic carbocycles. The minimum Gasteiger partial charge on any atom is -0.366 e. The Morgan fingerprint density at radius 2 is 2.00 bits per heavy atom. The van der Waals surface area contributed by atoms with Gasteiger partial charge in [-0.05, 0) is 12.1 Å². The van der Waals surface area contributed by atoms with E-state index in [9.17, 15) is 4.79 Å². The second-order valence-electron chi connectivity index (χ2n) is 3.08. The van der Waals surface area contributed by atoms with Crippen LogP contribution in [0.4, 0.5) is 0 Å². The zero-order valence-corrected chi connectivity index (χ0v) is 13.2. The molecule has 0 fully saturated rings. The minimum atomic E-state index is -0.394. The van der Waals surface area contributed by atoms with Gasteiger partial charge in [-0.1, -0.05) is 18.2 Å². The first kappa shape index (κ1) is 13.4. The van der Waals surface area contributed by atoms with Crippen molar-refractivity contribution in [3.8, 4) is 10.4 Å². The van der Waals surface area contributed by atoms with Crippen LogP contribution >= 0.6 is 24.0 Å². The Morgan fingerprint density at radius 3 is 2.56 bits per heavy atom. The molecule has 2 rings (SSSR count). The van der Waals surface area contributed by atoms with Gasteiger partial charge in [-0.15, -0.1) is 24.0 Å². The standard InChI is InChI=1S/C11H9NOS2.Zn/c12-11(13)7-5-10(15-6-7)8-3-1-2-4-9(8)14;/h1-6,14H,(H2,12,13);. The molecule has 0 saturated heterocycles. The van der Waals surface area contributed by atoms with Gasteiger partial charge in [0.2, 0.25) is 5.91 Å². The smallest absolute Gasteiger partial charge is 0.249 e. The zero-order valence-electron chi connectivity index (χ0n) is 8.51. The van der Waals surface area contributed by atoms with Crippen molar-refractivity contribution in [3.63, 3.8) is 0 Å². The van der Waals surface area contributed by atoms with Gasteiger partial charge in [0.15, 0.2) is 0 Å². The number of thiophene rings is 1. The summed E-state index contributed by atoms with van der Waals surface area (Å²) in [5.74, 6) is -0.394. The van der Waals surface area contributed by atoms with Crippen molar-refractivity contribution < 1.29 is 24.3 Å². The van der Waals surface area contributed by atoms with Crippen molar-refractivity contribution >= 4 is 29.9 Å². The van der Waals surface area contributed by atoms with Crippen molar-refractivity contribution in [3.05, 3.63) is 41.3 Å². The maximum absolute atomic E-state index is 10.9. The Balaban J connectivity index is 0.00000128. The molecule has 0 unspecified atom stereocenters. The molecule has 78 valence electrons. The Hall–Kier alpha value is -0.637. The van der Waals surface area contributed by atoms with Gasteiger partial charge in [-0.25, -0.2) is 0 Å². The molecular weight excluding hydrogens is 292 g/mol. The van der Waals surface area contributed by atoms with E-state index in [1.165, 1.54) is 11.3 Å². The maximum atomic E-state index is 10.9. The molecule has 5 heteroatoms. The van der Waals surface area contributed by atoms with Crippen LogP contribution in [0.1, 0.15) is 10.4 Å². The van der Waals surface area contributed by atoms with Crippen LogP contribution in [-0.4, -0.2) is 5.91 Å². The molecule has 2 N–H and O–H groups in total. The minimum absolute atomic E-state index is 0. The van der Waals surface area contributed by atoms with Crippen molar-refractivity contribution in [2.24, 2.45) is 5.73 Å². The Labute approximate surface area is 116 Å². The number of thiol groups is 1. The molecule has 0 atom stereocenters. The van der Waals surface area contributed by atoms with Crippen molar-refractivity contribution in [1.82, 2.24) is 0 Å². The molecule has 0 spiro atoms. The van der Waals surface area contributed by atoms with Gasteiger partial charge in [-0.2, -0.15) is 0 Å². The van der Waals surface area contributed by atoms with Gasteiger partial charge in [0.25, 0.3) is 0 Å². The molecule has 0 saturated carbocycles. The number of nitrogens with two attached hydrogens (primary N) is 1. The summed E-state index contributed by atoms with van der Waals surface area (Å²) in [4.78, 5) is 12.8. The summed E-state index contributed by atoms with van der Waals surface area (Å²) in [6.07, 6.45) is 0. The number of amides is 1. The summed E-state index contributed by atoms with van der Waals surface area (Å²) in [5, 5.41) is 1.76. The number of benzene rings is 1. The topological polar surface area (TPSA) is 43.1 Å². The van der Waals surface area contributed by atoms with E-state index in [-0.39, 0.29) is 19.5 Å². The number of carbonyl (C=O) groups is 1. The van der Waals surface area contributed by atoms with Crippen LogP contribution in [0.25, 0.3) is 10.4 Å². The van der Waals surface area contributed by atoms with Crippen molar-refractivity contribution in [2.75, 3.05) is 0 Å². The van der Waals surface area contributed by atoms with Crippen molar-refractivity contribution in [1.29, 1.82) is 0 Å². The van der Waals surface area contributed by atoms with Gasteiger partial charge < -0.3 is 5.73 Å². The van der Waals surface area contributed by atoms with Crippen LogP contribution in [0.15, 0.2) is 40.6 Å². The molecule has 1 aromatic heterocycles.